The van der Waals surface area contributed by atoms with Gasteiger partial charge in [-0.1, -0.05) is 82.8 Å². The Balaban J connectivity index is 2.07. The van der Waals surface area contributed by atoms with E-state index in [-0.39, 0.29) is 28.7 Å². The van der Waals surface area contributed by atoms with E-state index in [1.807, 2.05) is 30.3 Å². The summed E-state index contributed by atoms with van der Waals surface area (Å²) in [5, 5.41) is 3.71. The number of rotatable bonds is 10. The first-order valence-corrected chi connectivity index (χ1v) is 14.7. The van der Waals surface area contributed by atoms with E-state index >= 15 is 0 Å². The lowest BCUT2D eigenvalue weighted by molar-refractivity contribution is -0.139. The van der Waals surface area contributed by atoms with Crippen molar-refractivity contribution >= 4 is 73.9 Å². The van der Waals surface area contributed by atoms with Gasteiger partial charge >= 0.3 is 0 Å². The Hall–Kier alpha value is -2.49. The van der Waals surface area contributed by atoms with Crippen molar-refractivity contribution in [3.63, 3.8) is 0 Å². The van der Waals surface area contributed by atoms with Gasteiger partial charge in [-0.05, 0) is 41.5 Å². The minimum absolute atomic E-state index is 0.0757. The highest BCUT2D eigenvalue weighted by Crippen LogP contribution is 2.28. The first-order valence-electron chi connectivity index (χ1n) is 11.3. The number of hydrogen-bond donors (Lipinski definition) is 1. The van der Waals surface area contributed by atoms with Gasteiger partial charge < -0.3 is 10.2 Å². The lowest BCUT2D eigenvalue weighted by Gasteiger charge is -2.33. The maximum absolute atomic E-state index is 13.9. The van der Waals surface area contributed by atoms with E-state index in [1.54, 1.807) is 12.1 Å². The van der Waals surface area contributed by atoms with Crippen LogP contribution in [0.15, 0.2) is 66.7 Å². The maximum Gasteiger partial charge on any atom is 0.244 e. The molecule has 2 amide bonds. The summed E-state index contributed by atoms with van der Waals surface area (Å²) in [4.78, 5) is 28.3. The highest BCUT2D eigenvalue weighted by molar-refractivity contribution is 7.92. The van der Waals surface area contributed by atoms with E-state index in [4.69, 9.17) is 46.4 Å². The molecule has 1 atom stereocenters. The van der Waals surface area contributed by atoms with Gasteiger partial charge in [0.2, 0.25) is 21.8 Å². The van der Waals surface area contributed by atoms with Crippen LogP contribution in [0.4, 0.5) is 5.69 Å². The zero-order chi connectivity index (χ0) is 28.0. The molecule has 0 bridgehead atoms. The van der Waals surface area contributed by atoms with Gasteiger partial charge in [0.1, 0.15) is 12.6 Å². The van der Waals surface area contributed by atoms with E-state index in [0.29, 0.717) is 15.6 Å². The van der Waals surface area contributed by atoms with Crippen LogP contribution in [0.2, 0.25) is 20.1 Å². The molecule has 0 saturated carbocycles. The van der Waals surface area contributed by atoms with Gasteiger partial charge in [0.25, 0.3) is 0 Å². The number of sulfonamides is 1. The molecule has 0 aromatic heterocycles. The second kappa shape index (κ2) is 13.0. The quantitative estimate of drug-likeness (QED) is 0.328. The fraction of sp³-hybridized carbons (Fsp3) is 0.231. The summed E-state index contributed by atoms with van der Waals surface area (Å²) in [6.45, 7) is -0.684. The molecule has 0 aliphatic carbocycles. The molecule has 3 rings (SSSR count). The molecule has 0 heterocycles. The standard InChI is InChI=1S/C26H25Cl4N3O4S/c1-31-26(35)24(10-17-6-4-3-5-7-17)32(15-18-8-9-19(27)14-23(18)30)25(34)16-33(38(2,36)37)22-12-20(28)11-21(29)13-22/h3-9,11-14,24H,10,15-16H2,1-2H3,(H,31,35)/t24-/m0/s1. The average molecular weight is 617 g/mol. The van der Waals surface area contributed by atoms with Gasteiger partial charge in [0.15, 0.2) is 0 Å². The van der Waals surface area contributed by atoms with Gasteiger partial charge in [0.05, 0.1) is 11.9 Å². The third kappa shape index (κ3) is 8.01. The number of amides is 2. The minimum atomic E-state index is -3.95. The number of benzene rings is 3. The predicted molar refractivity (Wildman–Crippen MR) is 154 cm³/mol. The molecule has 0 aliphatic heterocycles. The number of nitrogens with zero attached hydrogens (tertiary/aromatic N) is 2. The van der Waals surface area contributed by atoms with Gasteiger partial charge in [-0.2, -0.15) is 0 Å². The number of hydrogen-bond acceptors (Lipinski definition) is 4. The van der Waals surface area contributed by atoms with Crippen LogP contribution in [0.3, 0.4) is 0 Å². The number of halogens is 4. The van der Waals surface area contributed by atoms with E-state index in [2.05, 4.69) is 5.32 Å². The maximum atomic E-state index is 13.9. The minimum Gasteiger partial charge on any atom is -0.357 e. The number of carbonyl (C=O) groups excluding carboxylic acids is 2. The van der Waals surface area contributed by atoms with Gasteiger partial charge in [-0.25, -0.2) is 8.42 Å². The third-order valence-electron chi connectivity index (χ3n) is 5.69. The summed E-state index contributed by atoms with van der Waals surface area (Å²) in [7, 11) is -2.49. The fourth-order valence-electron chi connectivity index (χ4n) is 3.85. The summed E-state index contributed by atoms with van der Waals surface area (Å²) in [5.74, 6) is -1.06. The van der Waals surface area contributed by atoms with Crippen molar-refractivity contribution in [2.45, 2.75) is 19.0 Å². The largest absolute Gasteiger partial charge is 0.357 e. The molecule has 0 radical (unpaired) electrons. The smallest absolute Gasteiger partial charge is 0.244 e. The van der Waals surface area contributed by atoms with Crippen LogP contribution in [0, 0.1) is 0 Å². The lowest BCUT2D eigenvalue weighted by atomic mass is 10.0. The van der Waals surface area contributed by atoms with Crippen molar-refractivity contribution in [3.8, 4) is 0 Å². The Bertz CT molecular complexity index is 1400. The molecule has 3 aromatic carbocycles. The highest BCUT2D eigenvalue weighted by atomic mass is 35.5. The molecule has 0 spiro atoms. The molecule has 12 heteroatoms. The van der Waals surface area contributed by atoms with Crippen LogP contribution >= 0.6 is 46.4 Å². The Kier molecular flexibility index (Phi) is 10.3. The zero-order valence-corrected chi connectivity index (χ0v) is 24.3. The van der Waals surface area contributed by atoms with Crippen LogP contribution in [0.5, 0.6) is 0 Å². The molecule has 3 aromatic rings. The van der Waals surface area contributed by atoms with Gasteiger partial charge in [0, 0.05) is 40.1 Å². The Morgan fingerprint density at radius 2 is 1.53 bits per heavy atom. The summed E-state index contributed by atoms with van der Waals surface area (Å²) < 4.78 is 26.4. The molecular weight excluding hydrogens is 592 g/mol. The molecule has 0 fully saturated rings. The zero-order valence-electron chi connectivity index (χ0n) is 20.5. The highest BCUT2D eigenvalue weighted by Gasteiger charge is 2.33. The van der Waals surface area contributed by atoms with Gasteiger partial charge in [-0.15, -0.1) is 0 Å². The Labute approximate surface area is 242 Å². The molecule has 202 valence electrons. The van der Waals surface area contributed by atoms with Crippen molar-refractivity contribution < 1.29 is 18.0 Å². The molecular formula is C26H25Cl4N3O4S. The molecule has 1 N–H and O–H groups in total. The van der Waals surface area contributed by atoms with Crippen LogP contribution in [-0.4, -0.2) is 51.0 Å². The van der Waals surface area contributed by atoms with Crippen LogP contribution < -0.4 is 9.62 Å². The first-order chi connectivity index (χ1) is 17.9. The normalized spacial score (nSPS) is 12.1. The Morgan fingerprint density at radius 1 is 0.895 bits per heavy atom. The monoisotopic (exact) mass is 615 g/mol. The molecule has 7 nitrogen and oxygen atoms in total. The van der Waals surface area contributed by atoms with Crippen molar-refractivity contribution in [3.05, 3.63) is 97.9 Å². The van der Waals surface area contributed by atoms with E-state index in [1.165, 1.54) is 36.2 Å². The topological polar surface area (TPSA) is 86.8 Å². The first kappa shape index (κ1) is 30.1. The van der Waals surface area contributed by atoms with Crippen molar-refractivity contribution in [2.75, 3.05) is 24.2 Å². The second-order valence-corrected chi connectivity index (χ2v) is 12.1. The molecule has 0 aliphatic rings. The van der Waals surface area contributed by atoms with Gasteiger partial charge in [-0.3, -0.25) is 13.9 Å². The number of anilines is 1. The van der Waals surface area contributed by atoms with Crippen LogP contribution in [-0.2, 0) is 32.6 Å². The third-order valence-corrected chi connectivity index (χ3v) is 7.85. The summed E-state index contributed by atoms with van der Waals surface area (Å²) in [6, 6.07) is 17.2. The Morgan fingerprint density at radius 3 is 2.08 bits per heavy atom. The summed E-state index contributed by atoms with van der Waals surface area (Å²) in [5.41, 5.74) is 1.45. The van der Waals surface area contributed by atoms with Crippen molar-refractivity contribution in [1.29, 1.82) is 0 Å². The molecule has 0 unspecified atom stereocenters. The predicted octanol–water partition coefficient (Wildman–Crippen LogP) is 5.45. The summed E-state index contributed by atoms with van der Waals surface area (Å²) >= 11 is 24.7. The lowest BCUT2D eigenvalue weighted by Crippen LogP contribution is -2.52. The van der Waals surface area contributed by atoms with E-state index in [9.17, 15) is 18.0 Å². The average Bonchev–Trinajstić information content (AvgIpc) is 2.84. The van der Waals surface area contributed by atoms with E-state index < -0.39 is 34.4 Å². The number of nitrogens with one attached hydrogen (secondary N) is 1. The SMILES string of the molecule is CNC(=O)[C@H](Cc1ccccc1)N(Cc1ccc(Cl)cc1Cl)C(=O)CN(c1cc(Cl)cc(Cl)c1)S(C)(=O)=O. The number of carbonyl (C=O) groups is 2. The number of likely N-dealkylation sites (N-methyl/N-ethyl adjacent to an activating group) is 1. The molecule has 38 heavy (non-hydrogen) atoms. The summed E-state index contributed by atoms with van der Waals surface area (Å²) in [6.07, 6.45) is 1.15. The van der Waals surface area contributed by atoms with Crippen molar-refractivity contribution in [2.24, 2.45) is 0 Å². The van der Waals surface area contributed by atoms with Crippen molar-refractivity contribution in [1.82, 2.24) is 10.2 Å². The van der Waals surface area contributed by atoms with E-state index in [0.717, 1.165) is 16.1 Å². The van der Waals surface area contributed by atoms with Crippen LogP contribution in [0.1, 0.15) is 11.1 Å². The fourth-order valence-corrected chi connectivity index (χ4v) is 5.67. The van der Waals surface area contributed by atoms with Crippen LogP contribution in [0.25, 0.3) is 0 Å². The molecule has 0 saturated heterocycles. The second-order valence-electron chi connectivity index (χ2n) is 8.47.